The molecule has 0 heterocycles. The van der Waals surface area contributed by atoms with Crippen molar-refractivity contribution >= 4 is 5.69 Å². The van der Waals surface area contributed by atoms with E-state index in [1.165, 1.54) is 0 Å². The number of para-hydroxylation sites is 1. The van der Waals surface area contributed by atoms with E-state index in [-0.39, 0.29) is 6.10 Å². The number of benzene rings is 2. The molecule has 0 spiro atoms. The molecule has 2 rings (SSSR count). The maximum atomic E-state index is 6.01. The number of anilines is 1. The van der Waals surface area contributed by atoms with Gasteiger partial charge in [0.25, 0.3) is 0 Å². The molecule has 0 saturated carbocycles. The predicted molar refractivity (Wildman–Crippen MR) is 101 cm³/mol. The van der Waals surface area contributed by atoms with Crippen molar-refractivity contribution in [2.45, 2.75) is 39.7 Å². The number of nitrogens with one attached hydrogen (secondary N) is 1. The van der Waals surface area contributed by atoms with Gasteiger partial charge >= 0.3 is 0 Å². The van der Waals surface area contributed by atoms with Crippen LogP contribution in [0.2, 0.25) is 0 Å². The third-order valence-corrected chi connectivity index (χ3v) is 3.83. The fourth-order valence-electron chi connectivity index (χ4n) is 2.30. The Kier molecular flexibility index (Phi) is 7.47. The topological polar surface area (TPSA) is 30.5 Å². The van der Waals surface area contributed by atoms with Gasteiger partial charge in [0.2, 0.25) is 0 Å². The first-order valence-corrected chi connectivity index (χ1v) is 8.85. The van der Waals surface area contributed by atoms with E-state index >= 15 is 0 Å². The predicted octanol–water partition coefficient (Wildman–Crippen LogP) is 5.38. The summed E-state index contributed by atoms with van der Waals surface area (Å²) < 4.78 is 11.8. The summed E-state index contributed by atoms with van der Waals surface area (Å²) in [6.45, 7) is 8.08. The molecule has 130 valence electrons. The van der Waals surface area contributed by atoms with E-state index in [1.54, 1.807) is 0 Å². The van der Waals surface area contributed by atoms with E-state index < -0.39 is 0 Å². The molecule has 2 aromatic rings. The van der Waals surface area contributed by atoms with Crippen LogP contribution >= 0.6 is 0 Å². The Morgan fingerprint density at radius 3 is 2.42 bits per heavy atom. The van der Waals surface area contributed by atoms with Crippen LogP contribution in [0.3, 0.4) is 0 Å². The van der Waals surface area contributed by atoms with E-state index in [1.807, 2.05) is 42.5 Å². The van der Waals surface area contributed by atoms with Gasteiger partial charge in [-0.1, -0.05) is 45.0 Å². The van der Waals surface area contributed by atoms with Gasteiger partial charge in [-0.25, -0.2) is 0 Å². The molecule has 0 aliphatic carbocycles. The Morgan fingerprint density at radius 1 is 0.958 bits per heavy atom. The summed E-state index contributed by atoms with van der Waals surface area (Å²) in [4.78, 5) is 0. The van der Waals surface area contributed by atoms with Crippen molar-refractivity contribution in [3.8, 4) is 11.5 Å². The van der Waals surface area contributed by atoms with E-state index in [9.17, 15) is 0 Å². The molecular formula is C21H29NO2. The number of hydrogen-bond donors (Lipinski definition) is 1. The first-order chi connectivity index (χ1) is 11.7. The Hall–Kier alpha value is -2.16. The quantitative estimate of drug-likeness (QED) is 0.635. The highest BCUT2D eigenvalue weighted by atomic mass is 16.5. The minimum atomic E-state index is 0.137. The second-order valence-electron chi connectivity index (χ2n) is 6.40. The lowest BCUT2D eigenvalue weighted by Crippen LogP contribution is -2.25. The highest BCUT2D eigenvalue weighted by Gasteiger charge is 2.08. The van der Waals surface area contributed by atoms with Gasteiger partial charge in [0, 0.05) is 11.8 Å². The molecule has 0 fully saturated rings. The lowest BCUT2D eigenvalue weighted by atomic mass is 10.1. The van der Waals surface area contributed by atoms with E-state index in [0.717, 1.165) is 43.2 Å². The third kappa shape index (κ3) is 6.53. The van der Waals surface area contributed by atoms with Crippen LogP contribution in [0, 0.1) is 5.92 Å². The molecule has 0 aliphatic rings. The average Bonchev–Trinajstić information content (AvgIpc) is 2.59. The minimum Gasteiger partial charge on any atom is -0.494 e. The van der Waals surface area contributed by atoms with Gasteiger partial charge in [0.05, 0.1) is 13.2 Å². The van der Waals surface area contributed by atoms with Crippen LogP contribution in [0.25, 0.3) is 0 Å². The van der Waals surface area contributed by atoms with Gasteiger partial charge in [-0.15, -0.1) is 0 Å². The standard InChI is InChI=1S/C21H29NO2/c1-4-19(24-20-10-6-5-7-11-20)16-22-18-9-8-12-21(15-18)23-14-13-17(2)3/h5-12,15,17,19,22H,4,13-14,16H2,1-3H3. The van der Waals surface area contributed by atoms with Gasteiger partial charge in [-0.2, -0.15) is 0 Å². The van der Waals surface area contributed by atoms with Crippen molar-refractivity contribution in [3.05, 3.63) is 54.6 Å². The van der Waals surface area contributed by atoms with Crippen molar-refractivity contribution in [2.24, 2.45) is 5.92 Å². The van der Waals surface area contributed by atoms with Gasteiger partial charge < -0.3 is 14.8 Å². The summed E-state index contributed by atoms with van der Waals surface area (Å²) in [6.07, 6.45) is 2.16. The molecule has 0 aliphatic heterocycles. The normalized spacial score (nSPS) is 12.0. The zero-order chi connectivity index (χ0) is 17.2. The zero-order valence-corrected chi connectivity index (χ0v) is 15.0. The highest BCUT2D eigenvalue weighted by molar-refractivity contribution is 5.48. The smallest absolute Gasteiger partial charge is 0.121 e. The van der Waals surface area contributed by atoms with Crippen molar-refractivity contribution in [3.63, 3.8) is 0 Å². The largest absolute Gasteiger partial charge is 0.494 e. The van der Waals surface area contributed by atoms with Crippen LogP contribution < -0.4 is 14.8 Å². The summed E-state index contributed by atoms with van der Waals surface area (Å²) >= 11 is 0. The van der Waals surface area contributed by atoms with Gasteiger partial charge in [-0.05, 0) is 43.0 Å². The molecule has 1 unspecified atom stereocenters. The molecule has 1 atom stereocenters. The summed E-state index contributed by atoms with van der Waals surface area (Å²) in [7, 11) is 0. The SMILES string of the molecule is CCC(CNc1cccc(OCCC(C)C)c1)Oc1ccccc1. The van der Waals surface area contributed by atoms with Crippen LogP contribution in [0.5, 0.6) is 11.5 Å². The van der Waals surface area contributed by atoms with Crippen LogP contribution in [-0.4, -0.2) is 19.3 Å². The summed E-state index contributed by atoms with van der Waals surface area (Å²) in [5.74, 6) is 2.49. The first-order valence-electron chi connectivity index (χ1n) is 8.85. The molecular weight excluding hydrogens is 298 g/mol. The molecule has 2 aromatic carbocycles. The monoisotopic (exact) mass is 327 g/mol. The van der Waals surface area contributed by atoms with E-state index in [0.29, 0.717) is 5.92 Å². The van der Waals surface area contributed by atoms with Gasteiger partial charge in [0.1, 0.15) is 17.6 Å². The first kappa shape index (κ1) is 18.2. The lowest BCUT2D eigenvalue weighted by Gasteiger charge is -2.19. The summed E-state index contributed by atoms with van der Waals surface area (Å²) in [5.41, 5.74) is 1.06. The fraction of sp³-hybridized carbons (Fsp3) is 0.429. The number of hydrogen-bond acceptors (Lipinski definition) is 3. The maximum Gasteiger partial charge on any atom is 0.121 e. The highest BCUT2D eigenvalue weighted by Crippen LogP contribution is 2.19. The Balaban J connectivity index is 1.83. The number of ether oxygens (including phenoxy) is 2. The van der Waals surface area contributed by atoms with Crippen molar-refractivity contribution in [2.75, 3.05) is 18.5 Å². The van der Waals surface area contributed by atoms with Crippen LogP contribution in [0.4, 0.5) is 5.69 Å². The van der Waals surface area contributed by atoms with E-state index in [4.69, 9.17) is 9.47 Å². The molecule has 0 amide bonds. The van der Waals surface area contributed by atoms with E-state index in [2.05, 4.69) is 38.2 Å². The molecule has 0 bridgehead atoms. The van der Waals surface area contributed by atoms with Crippen LogP contribution in [-0.2, 0) is 0 Å². The van der Waals surface area contributed by atoms with Gasteiger partial charge in [0.15, 0.2) is 0 Å². The molecule has 3 heteroatoms. The second kappa shape index (κ2) is 9.86. The molecule has 0 aromatic heterocycles. The summed E-state index contributed by atoms with van der Waals surface area (Å²) in [6, 6.07) is 18.1. The van der Waals surface area contributed by atoms with Gasteiger partial charge in [-0.3, -0.25) is 0 Å². The van der Waals surface area contributed by atoms with Crippen molar-refractivity contribution < 1.29 is 9.47 Å². The fourth-order valence-corrected chi connectivity index (χ4v) is 2.30. The Bertz CT molecular complexity index is 583. The van der Waals surface area contributed by atoms with Crippen molar-refractivity contribution in [1.82, 2.24) is 0 Å². The second-order valence-corrected chi connectivity index (χ2v) is 6.40. The minimum absolute atomic E-state index is 0.137. The molecule has 0 saturated heterocycles. The number of rotatable bonds is 10. The van der Waals surface area contributed by atoms with Crippen LogP contribution in [0.1, 0.15) is 33.6 Å². The Morgan fingerprint density at radius 2 is 1.71 bits per heavy atom. The average molecular weight is 327 g/mol. The maximum absolute atomic E-state index is 6.01. The van der Waals surface area contributed by atoms with Crippen LogP contribution in [0.15, 0.2) is 54.6 Å². The molecule has 1 N–H and O–H groups in total. The lowest BCUT2D eigenvalue weighted by molar-refractivity contribution is 0.210. The zero-order valence-electron chi connectivity index (χ0n) is 15.0. The molecule has 0 radical (unpaired) electrons. The molecule has 24 heavy (non-hydrogen) atoms. The van der Waals surface area contributed by atoms with Crippen molar-refractivity contribution in [1.29, 1.82) is 0 Å². The Labute approximate surface area is 146 Å². The summed E-state index contributed by atoms with van der Waals surface area (Å²) in [5, 5.41) is 3.45. The third-order valence-electron chi connectivity index (χ3n) is 3.83. The molecule has 3 nitrogen and oxygen atoms in total.